The van der Waals surface area contributed by atoms with Crippen molar-refractivity contribution in [2.45, 2.75) is 51.6 Å². The summed E-state index contributed by atoms with van der Waals surface area (Å²) in [6, 6.07) is 8.39. The maximum atomic E-state index is 12.6. The lowest BCUT2D eigenvalue weighted by Crippen LogP contribution is -2.53. The molecule has 2 aliphatic heterocycles. The first-order valence-electron chi connectivity index (χ1n) is 10.7. The summed E-state index contributed by atoms with van der Waals surface area (Å²) >= 11 is 0. The van der Waals surface area contributed by atoms with Crippen LogP contribution in [0.4, 0.5) is 0 Å². The van der Waals surface area contributed by atoms with Crippen LogP contribution in [0.1, 0.15) is 50.3 Å². The number of hydrogen-bond acceptors (Lipinski definition) is 4. The van der Waals surface area contributed by atoms with E-state index in [0.717, 1.165) is 52.0 Å². The zero-order valence-electron chi connectivity index (χ0n) is 17.7. The van der Waals surface area contributed by atoms with E-state index < -0.39 is 6.04 Å². The van der Waals surface area contributed by atoms with Gasteiger partial charge in [-0.2, -0.15) is 0 Å². The molecule has 1 aromatic rings. The zero-order valence-corrected chi connectivity index (χ0v) is 18.5. The number of carbonyl (C=O) groups excluding carboxylic acids is 2. The zero-order chi connectivity index (χ0) is 19.9. The minimum absolute atomic E-state index is 0. The molecular weight excluding hydrogens is 388 g/mol. The summed E-state index contributed by atoms with van der Waals surface area (Å²) in [7, 11) is 0. The van der Waals surface area contributed by atoms with Crippen molar-refractivity contribution in [2.24, 2.45) is 0 Å². The van der Waals surface area contributed by atoms with Gasteiger partial charge in [-0.15, -0.1) is 12.4 Å². The van der Waals surface area contributed by atoms with E-state index in [-0.39, 0.29) is 30.3 Å². The van der Waals surface area contributed by atoms with E-state index in [2.05, 4.69) is 46.7 Å². The van der Waals surface area contributed by atoms with Crippen LogP contribution in [0.5, 0.6) is 0 Å². The molecule has 2 fully saturated rings. The molecule has 3 rings (SSSR count). The lowest BCUT2D eigenvalue weighted by Gasteiger charge is -2.36. The minimum atomic E-state index is -0.462. The Kier molecular flexibility index (Phi) is 9.40. The molecule has 29 heavy (non-hydrogen) atoms. The van der Waals surface area contributed by atoms with E-state index in [1.807, 2.05) is 4.90 Å². The molecule has 162 valence electrons. The van der Waals surface area contributed by atoms with Crippen LogP contribution in [0.2, 0.25) is 0 Å². The number of hydrogen-bond donors (Lipinski definition) is 2. The van der Waals surface area contributed by atoms with Crippen LogP contribution in [0, 0.1) is 0 Å². The highest BCUT2D eigenvalue weighted by atomic mass is 35.5. The summed E-state index contributed by atoms with van der Waals surface area (Å²) in [5, 5.41) is 6.36. The van der Waals surface area contributed by atoms with E-state index in [9.17, 15) is 9.59 Å². The number of halogens is 1. The van der Waals surface area contributed by atoms with Gasteiger partial charge < -0.3 is 15.5 Å². The van der Waals surface area contributed by atoms with Gasteiger partial charge in [0.05, 0.1) is 6.54 Å². The van der Waals surface area contributed by atoms with Gasteiger partial charge >= 0.3 is 0 Å². The molecule has 6 nitrogen and oxygen atoms in total. The topological polar surface area (TPSA) is 64.7 Å². The van der Waals surface area contributed by atoms with Crippen LogP contribution in [-0.2, 0) is 16.0 Å². The van der Waals surface area contributed by atoms with E-state index in [0.29, 0.717) is 6.54 Å². The van der Waals surface area contributed by atoms with Gasteiger partial charge in [-0.05, 0) is 43.7 Å². The molecule has 1 aromatic carbocycles. The Hall–Kier alpha value is -1.63. The molecule has 7 heteroatoms. The molecule has 0 aromatic heterocycles. The summed E-state index contributed by atoms with van der Waals surface area (Å²) < 4.78 is 0. The largest absolute Gasteiger partial charge is 0.343 e. The molecule has 2 unspecified atom stereocenters. The number of nitrogens with one attached hydrogen (secondary N) is 2. The van der Waals surface area contributed by atoms with Gasteiger partial charge in [0, 0.05) is 38.8 Å². The molecular formula is C22H35ClN4O2. The van der Waals surface area contributed by atoms with Crippen LogP contribution in [0.25, 0.3) is 0 Å². The number of likely N-dealkylation sites (tertiary alicyclic amines) is 1. The number of benzene rings is 1. The van der Waals surface area contributed by atoms with E-state index in [1.165, 1.54) is 17.5 Å². The first-order chi connectivity index (χ1) is 13.6. The quantitative estimate of drug-likeness (QED) is 0.737. The maximum absolute atomic E-state index is 12.6. The molecule has 0 saturated carbocycles. The van der Waals surface area contributed by atoms with Crippen LogP contribution in [0.15, 0.2) is 24.3 Å². The van der Waals surface area contributed by atoms with Gasteiger partial charge in [-0.3, -0.25) is 14.5 Å². The Bertz CT molecular complexity index is 661. The number of carbonyl (C=O) groups is 2. The molecule has 2 heterocycles. The van der Waals surface area contributed by atoms with Gasteiger partial charge in [0.1, 0.15) is 6.04 Å². The van der Waals surface area contributed by atoms with Gasteiger partial charge in [-0.1, -0.05) is 31.2 Å². The first-order valence-corrected chi connectivity index (χ1v) is 10.7. The number of aryl methyl sites for hydroxylation is 1. The molecule has 2 aliphatic rings. The third kappa shape index (κ3) is 6.43. The molecule has 2 atom stereocenters. The van der Waals surface area contributed by atoms with Crippen LogP contribution >= 0.6 is 12.4 Å². The highest BCUT2D eigenvalue weighted by Gasteiger charge is 2.28. The fourth-order valence-electron chi connectivity index (χ4n) is 4.16. The Labute approximate surface area is 180 Å². The Balaban J connectivity index is 0.00000300. The summed E-state index contributed by atoms with van der Waals surface area (Å²) in [4.78, 5) is 29.3. The fourth-order valence-corrected chi connectivity index (χ4v) is 4.16. The maximum Gasteiger partial charge on any atom is 0.244 e. The summed E-state index contributed by atoms with van der Waals surface area (Å²) in [6.07, 6.45) is 4.34. The lowest BCUT2D eigenvalue weighted by molar-refractivity contribution is -0.137. The van der Waals surface area contributed by atoms with Crippen molar-refractivity contribution < 1.29 is 9.59 Å². The molecule has 2 saturated heterocycles. The first kappa shape index (κ1) is 23.6. The average Bonchev–Trinajstić information content (AvgIpc) is 2.74. The van der Waals surface area contributed by atoms with Crippen molar-refractivity contribution in [2.75, 3.05) is 39.3 Å². The molecule has 0 aliphatic carbocycles. The molecule has 0 bridgehead atoms. The molecule has 0 spiro atoms. The smallest absolute Gasteiger partial charge is 0.244 e. The van der Waals surface area contributed by atoms with Crippen LogP contribution < -0.4 is 10.6 Å². The Morgan fingerprint density at radius 2 is 1.83 bits per heavy atom. The number of piperazine rings is 1. The van der Waals surface area contributed by atoms with Crippen molar-refractivity contribution in [3.05, 3.63) is 35.4 Å². The van der Waals surface area contributed by atoms with Crippen molar-refractivity contribution in [1.29, 1.82) is 0 Å². The fraction of sp³-hybridized carbons (Fsp3) is 0.636. The minimum Gasteiger partial charge on any atom is -0.343 e. The van der Waals surface area contributed by atoms with Crippen LogP contribution in [-0.4, -0.2) is 66.9 Å². The van der Waals surface area contributed by atoms with Crippen molar-refractivity contribution in [3.8, 4) is 0 Å². The Morgan fingerprint density at radius 3 is 2.48 bits per heavy atom. The lowest BCUT2D eigenvalue weighted by atomic mass is 10.0. The summed E-state index contributed by atoms with van der Waals surface area (Å²) in [6.45, 7) is 8.43. The summed E-state index contributed by atoms with van der Waals surface area (Å²) in [5.74, 6) is -0.0324. The summed E-state index contributed by atoms with van der Waals surface area (Å²) in [5.41, 5.74) is 2.55. The third-order valence-electron chi connectivity index (χ3n) is 5.89. The third-order valence-corrected chi connectivity index (χ3v) is 5.89. The predicted molar refractivity (Wildman–Crippen MR) is 118 cm³/mol. The number of piperidine rings is 1. The number of rotatable bonds is 6. The van der Waals surface area contributed by atoms with E-state index in [4.69, 9.17) is 0 Å². The van der Waals surface area contributed by atoms with Gasteiger partial charge in [0.15, 0.2) is 0 Å². The van der Waals surface area contributed by atoms with Gasteiger partial charge in [0.25, 0.3) is 0 Å². The average molecular weight is 423 g/mol. The second-order valence-corrected chi connectivity index (χ2v) is 7.96. The van der Waals surface area contributed by atoms with Crippen molar-refractivity contribution in [3.63, 3.8) is 0 Å². The monoisotopic (exact) mass is 422 g/mol. The molecule has 0 radical (unpaired) electrons. The normalized spacial score (nSPS) is 21.2. The number of nitrogens with zero attached hydrogens (tertiary/aromatic N) is 2. The molecule has 2 amide bonds. The Morgan fingerprint density at radius 1 is 1.14 bits per heavy atom. The SMILES string of the molecule is CCc1ccc(C2CNCCN2CC(=O)NC(C)C(=O)N2CCCCC2)cc1.Cl. The highest BCUT2D eigenvalue weighted by Crippen LogP contribution is 2.22. The van der Waals surface area contributed by atoms with E-state index in [1.54, 1.807) is 6.92 Å². The standard InChI is InChI=1S/C22H34N4O2.ClH/c1-3-18-7-9-19(10-8-18)20-15-23-11-14-26(20)16-21(27)24-17(2)22(28)25-12-5-4-6-13-25;/h7-10,17,20,23H,3-6,11-16H2,1-2H3,(H,24,27);1H. The van der Waals surface area contributed by atoms with E-state index >= 15 is 0 Å². The van der Waals surface area contributed by atoms with Crippen molar-refractivity contribution >= 4 is 24.2 Å². The van der Waals surface area contributed by atoms with Crippen LogP contribution in [0.3, 0.4) is 0 Å². The predicted octanol–water partition coefficient (Wildman–Crippen LogP) is 2.13. The van der Waals surface area contributed by atoms with Gasteiger partial charge in [-0.25, -0.2) is 0 Å². The van der Waals surface area contributed by atoms with Crippen molar-refractivity contribution in [1.82, 2.24) is 20.4 Å². The highest BCUT2D eigenvalue weighted by molar-refractivity contribution is 5.88. The second kappa shape index (κ2) is 11.5. The molecule has 2 N–H and O–H groups in total. The second-order valence-electron chi connectivity index (χ2n) is 7.96. The number of amides is 2. The van der Waals surface area contributed by atoms with Gasteiger partial charge in [0.2, 0.25) is 11.8 Å².